The first-order chi connectivity index (χ1) is 10.6. The van der Waals surface area contributed by atoms with E-state index in [1.54, 1.807) is 18.3 Å². The fourth-order valence-corrected chi connectivity index (χ4v) is 2.77. The van der Waals surface area contributed by atoms with Crippen molar-refractivity contribution in [2.75, 3.05) is 11.1 Å². The number of carbonyl (C=O) groups is 1. The van der Waals surface area contributed by atoms with Crippen LogP contribution in [-0.4, -0.2) is 16.6 Å². The number of nitrogens with zero attached hydrogens (tertiary/aromatic N) is 2. The van der Waals surface area contributed by atoms with Crippen LogP contribution in [0.3, 0.4) is 0 Å². The highest BCUT2D eigenvalue weighted by atomic mass is 32.2. The summed E-state index contributed by atoms with van der Waals surface area (Å²) < 4.78 is 0. The minimum Gasteiger partial charge on any atom is -0.325 e. The normalized spacial score (nSPS) is 10.3. The molecule has 0 atom stereocenters. The van der Waals surface area contributed by atoms with E-state index in [9.17, 15) is 4.79 Å². The Labute approximate surface area is 134 Å². The highest BCUT2D eigenvalue weighted by molar-refractivity contribution is 8.00. The molecule has 1 amide bonds. The molecule has 0 fully saturated rings. The lowest BCUT2D eigenvalue weighted by Gasteiger charge is -2.13. The molecule has 2 aromatic rings. The van der Waals surface area contributed by atoms with Gasteiger partial charge in [0.2, 0.25) is 5.91 Å². The molecule has 112 valence electrons. The monoisotopic (exact) mass is 311 g/mol. The Bertz CT molecular complexity index is 707. The van der Waals surface area contributed by atoms with Crippen molar-refractivity contribution >= 4 is 23.4 Å². The Morgan fingerprint density at radius 3 is 2.82 bits per heavy atom. The number of para-hydroxylation sites is 1. The lowest BCUT2D eigenvalue weighted by Crippen LogP contribution is -2.15. The number of pyridine rings is 1. The van der Waals surface area contributed by atoms with Gasteiger partial charge in [0.15, 0.2) is 0 Å². The molecule has 0 bridgehead atoms. The molecule has 1 aromatic carbocycles. The quantitative estimate of drug-likeness (QED) is 0.853. The van der Waals surface area contributed by atoms with Crippen molar-refractivity contribution in [1.29, 1.82) is 5.26 Å². The number of benzene rings is 1. The topological polar surface area (TPSA) is 65.8 Å². The summed E-state index contributed by atoms with van der Waals surface area (Å²) in [6, 6.07) is 13.3. The molecule has 0 aliphatic heterocycles. The van der Waals surface area contributed by atoms with Crippen LogP contribution in [0.4, 0.5) is 5.69 Å². The second-order valence-electron chi connectivity index (χ2n) is 5.05. The first kappa shape index (κ1) is 16.1. The smallest absolute Gasteiger partial charge is 0.234 e. The van der Waals surface area contributed by atoms with Gasteiger partial charge in [0, 0.05) is 11.9 Å². The molecule has 22 heavy (non-hydrogen) atoms. The summed E-state index contributed by atoms with van der Waals surface area (Å²) in [5, 5.41) is 12.5. The van der Waals surface area contributed by atoms with Gasteiger partial charge in [0.1, 0.15) is 11.1 Å². The summed E-state index contributed by atoms with van der Waals surface area (Å²) in [7, 11) is 0. The molecule has 1 aromatic heterocycles. The molecular weight excluding hydrogens is 294 g/mol. The van der Waals surface area contributed by atoms with Crippen LogP contribution in [0.15, 0.2) is 47.6 Å². The van der Waals surface area contributed by atoms with E-state index in [1.807, 2.05) is 24.3 Å². The minimum absolute atomic E-state index is 0.104. The maximum absolute atomic E-state index is 12.1. The van der Waals surface area contributed by atoms with Crippen LogP contribution in [0, 0.1) is 11.3 Å². The molecule has 1 N–H and O–H groups in total. The SMILES string of the molecule is CC(C)c1ccccc1NC(=O)CSc1ncccc1C#N. The molecule has 0 unspecified atom stereocenters. The van der Waals surface area contributed by atoms with E-state index in [4.69, 9.17) is 5.26 Å². The summed E-state index contributed by atoms with van der Waals surface area (Å²) in [6.45, 7) is 4.18. The number of carbonyl (C=O) groups excluding carboxylic acids is 1. The highest BCUT2D eigenvalue weighted by Gasteiger charge is 2.11. The molecule has 4 nitrogen and oxygen atoms in total. The minimum atomic E-state index is -0.104. The van der Waals surface area contributed by atoms with Gasteiger partial charge < -0.3 is 5.32 Å². The van der Waals surface area contributed by atoms with Crippen molar-refractivity contribution in [1.82, 2.24) is 4.98 Å². The Hall–Kier alpha value is -2.32. The first-order valence-corrected chi connectivity index (χ1v) is 7.97. The van der Waals surface area contributed by atoms with Gasteiger partial charge in [-0.25, -0.2) is 4.98 Å². The van der Waals surface area contributed by atoms with Crippen LogP contribution in [0.2, 0.25) is 0 Å². The van der Waals surface area contributed by atoms with Crippen molar-refractivity contribution in [3.05, 3.63) is 53.7 Å². The van der Waals surface area contributed by atoms with E-state index >= 15 is 0 Å². The zero-order valence-corrected chi connectivity index (χ0v) is 13.4. The van der Waals surface area contributed by atoms with Crippen LogP contribution in [0.1, 0.15) is 30.9 Å². The Morgan fingerprint density at radius 1 is 1.32 bits per heavy atom. The van der Waals surface area contributed by atoms with Gasteiger partial charge in [-0.2, -0.15) is 5.26 Å². The van der Waals surface area contributed by atoms with Gasteiger partial charge in [-0.3, -0.25) is 4.79 Å². The fraction of sp³-hybridized carbons (Fsp3) is 0.235. The van der Waals surface area contributed by atoms with Crippen LogP contribution in [0.25, 0.3) is 0 Å². The van der Waals surface area contributed by atoms with Gasteiger partial charge in [-0.1, -0.05) is 43.8 Å². The number of nitrogens with one attached hydrogen (secondary N) is 1. The standard InChI is InChI=1S/C17H17N3OS/c1-12(2)14-7-3-4-8-15(14)20-16(21)11-22-17-13(10-18)6-5-9-19-17/h3-9,12H,11H2,1-2H3,(H,20,21). The van der Waals surface area contributed by atoms with Gasteiger partial charge in [0.25, 0.3) is 0 Å². The molecule has 0 aliphatic rings. The predicted octanol–water partition coefficient (Wildman–Crippen LogP) is 3.81. The zero-order valence-electron chi connectivity index (χ0n) is 12.5. The van der Waals surface area contributed by atoms with Crippen molar-refractivity contribution in [2.24, 2.45) is 0 Å². The summed E-state index contributed by atoms with van der Waals surface area (Å²) >= 11 is 1.27. The second-order valence-corrected chi connectivity index (χ2v) is 6.01. The number of amides is 1. The van der Waals surface area contributed by atoms with E-state index in [0.717, 1.165) is 11.3 Å². The number of thioether (sulfide) groups is 1. The predicted molar refractivity (Wildman–Crippen MR) is 88.8 cm³/mol. The van der Waals surface area contributed by atoms with Crippen LogP contribution < -0.4 is 5.32 Å². The van der Waals surface area contributed by atoms with Crippen molar-refractivity contribution in [3.8, 4) is 6.07 Å². The van der Waals surface area contributed by atoms with Crippen LogP contribution >= 0.6 is 11.8 Å². The number of nitriles is 1. The van der Waals surface area contributed by atoms with E-state index in [-0.39, 0.29) is 11.7 Å². The fourth-order valence-electron chi connectivity index (χ4n) is 2.03. The maximum Gasteiger partial charge on any atom is 0.234 e. The molecule has 0 spiro atoms. The number of anilines is 1. The van der Waals surface area contributed by atoms with E-state index in [2.05, 4.69) is 30.2 Å². The molecule has 0 saturated carbocycles. The average Bonchev–Trinajstić information content (AvgIpc) is 2.53. The first-order valence-electron chi connectivity index (χ1n) is 6.98. The number of hydrogen-bond acceptors (Lipinski definition) is 4. The summed E-state index contributed by atoms with van der Waals surface area (Å²) in [6.07, 6.45) is 1.62. The Morgan fingerprint density at radius 2 is 2.09 bits per heavy atom. The molecule has 0 radical (unpaired) electrons. The summed E-state index contributed by atoms with van der Waals surface area (Å²) in [5.74, 6) is 0.454. The number of hydrogen-bond donors (Lipinski definition) is 1. The third kappa shape index (κ3) is 4.09. The van der Waals surface area contributed by atoms with Gasteiger partial charge in [-0.05, 0) is 29.7 Å². The Kier molecular flexibility index (Phi) is 5.56. The summed E-state index contributed by atoms with van der Waals surface area (Å²) in [4.78, 5) is 16.3. The van der Waals surface area contributed by atoms with Crippen molar-refractivity contribution < 1.29 is 4.79 Å². The second kappa shape index (κ2) is 7.62. The van der Waals surface area contributed by atoms with Gasteiger partial charge >= 0.3 is 0 Å². The van der Waals surface area contributed by atoms with E-state index < -0.39 is 0 Å². The van der Waals surface area contributed by atoms with E-state index in [1.165, 1.54) is 11.8 Å². The third-order valence-electron chi connectivity index (χ3n) is 3.09. The lowest BCUT2D eigenvalue weighted by molar-refractivity contribution is -0.113. The number of rotatable bonds is 5. The van der Waals surface area contributed by atoms with Gasteiger partial charge in [-0.15, -0.1) is 0 Å². The highest BCUT2D eigenvalue weighted by Crippen LogP contribution is 2.24. The number of aromatic nitrogens is 1. The summed E-state index contributed by atoms with van der Waals surface area (Å²) in [5.41, 5.74) is 2.43. The molecule has 1 heterocycles. The van der Waals surface area contributed by atoms with Gasteiger partial charge in [0.05, 0.1) is 11.3 Å². The largest absolute Gasteiger partial charge is 0.325 e. The van der Waals surface area contributed by atoms with Crippen molar-refractivity contribution in [3.63, 3.8) is 0 Å². The average molecular weight is 311 g/mol. The van der Waals surface area contributed by atoms with Crippen LogP contribution in [-0.2, 0) is 4.79 Å². The maximum atomic E-state index is 12.1. The molecule has 0 aliphatic carbocycles. The third-order valence-corrected chi connectivity index (χ3v) is 4.09. The molecule has 2 rings (SSSR count). The van der Waals surface area contributed by atoms with E-state index in [0.29, 0.717) is 16.5 Å². The molecule has 0 saturated heterocycles. The lowest BCUT2D eigenvalue weighted by atomic mass is 10.0. The van der Waals surface area contributed by atoms with Crippen molar-refractivity contribution in [2.45, 2.75) is 24.8 Å². The van der Waals surface area contributed by atoms with Crippen LogP contribution in [0.5, 0.6) is 0 Å². The Balaban J connectivity index is 2.01. The molecular formula is C17H17N3OS. The zero-order chi connectivity index (χ0) is 15.9. The molecule has 5 heteroatoms.